The topological polar surface area (TPSA) is 43.0 Å². The average Bonchev–Trinajstić information content (AvgIpc) is 3.10. The molecule has 24 heavy (non-hydrogen) atoms. The number of aryl methyl sites for hydroxylation is 2. The number of hydrogen-bond donors (Lipinski definition) is 0. The zero-order chi connectivity index (χ0) is 16.3. The molecule has 0 amide bonds. The van der Waals surface area contributed by atoms with Crippen molar-refractivity contribution in [2.45, 2.75) is 6.92 Å². The molecule has 3 heterocycles. The van der Waals surface area contributed by atoms with Gasteiger partial charge in [0.25, 0.3) is 12.1 Å². The highest BCUT2D eigenvalue weighted by molar-refractivity contribution is 6.17. The van der Waals surface area contributed by atoms with E-state index in [2.05, 4.69) is 30.1 Å². The van der Waals surface area contributed by atoms with Gasteiger partial charge in [-0.1, -0.05) is 23.2 Å². The molecule has 0 aliphatic rings. The molecule has 0 unspecified atom stereocenters. The third-order valence-electron chi connectivity index (χ3n) is 4.58. The first-order valence-electron chi connectivity index (χ1n) is 7.87. The minimum Gasteiger partial charge on any atom is -0.425 e. The standard InChI is InChI=1S/C20H15N2O2/c1-12-9-15-18(10-14(12)16-7-8-21-11-22(16)2)24-20-19(15)13-5-3-4-6-17(13)23-20/h3-11H,1-2H3/q+1. The molecule has 0 saturated carbocycles. The normalized spacial score (nSPS) is 11.8. The molecule has 0 fully saturated rings. The molecule has 0 aliphatic carbocycles. The van der Waals surface area contributed by atoms with E-state index in [1.54, 1.807) is 12.5 Å². The lowest BCUT2D eigenvalue weighted by Gasteiger charge is -2.05. The Morgan fingerprint density at radius 3 is 2.67 bits per heavy atom. The van der Waals surface area contributed by atoms with Gasteiger partial charge in [-0.05, 0) is 30.7 Å². The van der Waals surface area contributed by atoms with Crippen molar-refractivity contribution in [3.63, 3.8) is 0 Å². The SMILES string of the molecule is Cc1cc2c(cc1-c1ccnc[n+]1C)oc1oc3ccccc3c12. The maximum atomic E-state index is 6.00. The summed E-state index contributed by atoms with van der Waals surface area (Å²) in [4.78, 5) is 4.15. The molecule has 2 aromatic carbocycles. The molecule has 5 aromatic rings. The van der Waals surface area contributed by atoms with Crippen molar-refractivity contribution in [3.8, 4) is 11.3 Å². The van der Waals surface area contributed by atoms with Crippen molar-refractivity contribution in [1.29, 1.82) is 0 Å². The fourth-order valence-corrected chi connectivity index (χ4v) is 3.41. The highest BCUT2D eigenvalue weighted by atomic mass is 16.5. The molecule has 0 saturated heterocycles. The van der Waals surface area contributed by atoms with Gasteiger partial charge in [-0.15, -0.1) is 0 Å². The molecule has 4 nitrogen and oxygen atoms in total. The zero-order valence-electron chi connectivity index (χ0n) is 13.4. The smallest absolute Gasteiger partial charge is 0.299 e. The summed E-state index contributed by atoms with van der Waals surface area (Å²) in [6, 6.07) is 14.3. The molecule has 0 radical (unpaired) electrons. The van der Waals surface area contributed by atoms with Crippen molar-refractivity contribution >= 4 is 33.1 Å². The third-order valence-corrected chi connectivity index (χ3v) is 4.58. The molecule has 0 spiro atoms. The van der Waals surface area contributed by atoms with Crippen LogP contribution in [0.25, 0.3) is 44.4 Å². The van der Waals surface area contributed by atoms with Gasteiger partial charge >= 0.3 is 0 Å². The van der Waals surface area contributed by atoms with Crippen molar-refractivity contribution < 1.29 is 13.4 Å². The molecule has 116 valence electrons. The van der Waals surface area contributed by atoms with Gasteiger partial charge in [0.1, 0.15) is 23.1 Å². The van der Waals surface area contributed by atoms with Crippen LogP contribution in [0.2, 0.25) is 0 Å². The predicted octanol–water partition coefficient (Wildman–Crippen LogP) is 4.53. The first-order chi connectivity index (χ1) is 11.7. The monoisotopic (exact) mass is 315 g/mol. The molecule has 5 rings (SSSR count). The van der Waals surface area contributed by atoms with Crippen LogP contribution in [0.5, 0.6) is 0 Å². The average molecular weight is 315 g/mol. The van der Waals surface area contributed by atoms with E-state index >= 15 is 0 Å². The summed E-state index contributed by atoms with van der Waals surface area (Å²) in [5.41, 5.74) is 5.12. The Morgan fingerprint density at radius 2 is 1.79 bits per heavy atom. The van der Waals surface area contributed by atoms with Crippen LogP contribution in [0.1, 0.15) is 5.56 Å². The zero-order valence-corrected chi connectivity index (χ0v) is 13.4. The van der Waals surface area contributed by atoms with E-state index in [1.165, 1.54) is 5.56 Å². The van der Waals surface area contributed by atoms with Crippen molar-refractivity contribution in [2.75, 3.05) is 0 Å². The van der Waals surface area contributed by atoms with Gasteiger partial charge in [0.15, 0.2) is 0 Å². The quantitative estimate of drug-likeness (QED) is 0.427. The molecular weight excluding hydrogens is 300 g/mol. The highest BCUT2D eigenvalue weighted by Gasteiger charge is 2.18. The van der Waals surface area contributed by atoms with Gasteiger partial charge in [-0.2, -0.15) is 0 Å². The molecule has 3 aromatic heterocycles. The van der Waals surface area contributed by atoms with E-state index in [9.17, 15) is 0 Å². The van der Waals surface area contributed by atoms with Crippen LogP contribution in [0.3, 0.4) is 0 Å². The van der Waals surface area contributed by atoms with Crippen LogP contribution >= 0.6 is 0 Å². The molecule has 0 N–H and O–H groups in total. The van der Waals surface area contributed by atoms with E-state index in [-0.39, 0.29) is 0 Å². The van der Waals surface area contributed by atoms with Gasteiger partial charge in [0.05, 0.1) is 12.4 Å². The Labute approximate surface area is 138 Å². The number of aromatic nitrogens is 2. The molecule has 4 heteroatoms. The van der Waals surface area contributed by atoms with Crippen molar-refractivity contribution in [3.05, 3.63) is 60.6 Å². The summed E-state index contributed by atoms with van der Waals surface area (Å²) in [6.07, 6.45) is 3.61. The lowest BCUT2D eigenvalue weighted by Crippen LogP contribution is -2.31. The van der Waals surface area contributed by atoms with E-state index in [0.717, 1.165) is 38.6 Å². The van der Waals surface area contributed by atoms with Crippen molar-refractivity contribution in [1.82, 2.24) is 4.98 Å². The summed E-state index contributed by atoms with van der Waals surface area (Å²) in [7, 11) is 1.99. The number of hydrogen-bond acceptors (Lipinski definition) is 3. The summed E-state index contributed by atoms with van der Waals surface area (Å²) < 4.78 is 13.9. The van der Waals surface area contributed by atoms with E-state index in [4.69, 9.17) is 8.83 Å². The first-order valence-corrected chi connectivity index (χ1v) is 7.87. The number of benzene rings is 2. The van der Waals surface area contributed by atoms with Gasteiger partial charge in [-0.25, -0.2) is 4.57 Å². The highest BCUT2D eigenvalue weighted by Crippen LogP contribution is 2.39. The van der Waals surface area contributed by atoms with Gasteiger partial charge in [0, 0.05) is 22.4 Å². The van der Waals surface area contributed by atoms with Crippen molar-refractivity contribution in [2.24, 2.45) is 7.05 Å². The van der Waals surface area contributed by atoms with E-state index in [0.29, 0.717) is 5.78 Å². The molecule has 0 bridgehead atoms. The molecule has 0 aliphatic heterocycles. The summed E-state index contributed by atoms with van der Waals surface area (Å²) in [5.74, 6) is 0.585. The lowest BCUT2D eigenvalue weighted by molar-refractivity contribution is -0.663. The largest absolute Gasteiger partial charge is 0.425 e. The van der Waals surface area contributed by atoms with Gasteiger partial charge in [0.2, 0.25) is 0 Å². The van der Waals surface area contributed by atoms with Crippen LogP contribution in [-0.4, -0.2) is 4.98 Å². The maximum absolute atomic E-state index is 6.00. The van der Waals surface area contributed by atoms with E-state index in [1.807, 2.05) is 35.9 Å². The Kier molecular flexibility index (Phi) is 2.59. The third kappa shape index (κ3) is 1.74. The van der Waals surface area contributed by atoms with Crippen LogP contribution < -0.4 is 4.57 Å². The van der Waals surface area contributed by atoms with Crippen LogP contribution in [-0.2, 0) is 7.05 Å². The second kappa shape index (κ2) is 4.68. The first kappa shape index (κ1) is 13.3. The fraction of sp³-hybridized carbons (Fsp3) is 0.100. The Morgan fingerprint density at radius 1 is 0.958 bits per heavy atom. The minimum absolute atomic E-state index is 0.585. The van der Waals surface area contributed by atoms with Gasteiger partial charge in [-0.3, -0.25) is 0 Å². The summed E-state index contributed by atoms with van der Waals surface area (Å²) in [6.45, 7) is 2.12. The molecule has 0 atom stereocenters. The van der Waals surface area contributed by atoms with Crippen LogP contribution in [0, 0.1) is 6.92 Å². The van der Waals surface area contributed by atoms with Crippen LogP contribution in [0.15, 0.2) is 63.8 Å². The fourth-order valence-electron chi connectivity index (χ4n) is 3.41. The molecular formula is C20H15N2O2+. The van der Waals surface area contributed by atoms with E-state index < -0.39 is 0 Å². The van der Waals surface area contributed by atoms with Crippen LogP contribution in [0.4, 0.5) is 0 Å². The lowest BCUT2D eigenvalue weighted by atomic mass is 10.0. The Hall–Kier alpha value is -3.14. The Bertz CT molecular complexity index is 1230. The number of para-hydroxylation sites is 1. The van der Waals surface area contributed by atoms with Gasteiger partial charge < -0.3 is 8.83 Å². The number of fused-ring (bicyclic) bond motifs is 5. The number of rotatable bonds is 1. The number of nitrogens with zero attached hydrogens (tertiary/aromatic N) is 2. The summed E-state index contributed by atoms with van der Waals surface area (Å²) in [5, 5.41) is 3.23. The Balaban J connectivity index is 1.86. The maximum Gasteiger partial charge on any atom is 0.299 e. The second-order valence-electron chi connectivity index (χ2n) is 6.10. The number of furan rings is 2. The minimum atomic E-state index is 0.585. The predicted molar refractivity (Wildman–Crippen MR) is 92.6 cm³/mol. The second-order valence-corrected chi connectivity index (χ2v) is 6.10. The summed E-state index contributed by atoms with van der Waals surface area (Å²) >= 11 is 0.